The average molecular weight is 1000 g/mol. The highest BCUT2D eigenvalue weighted by molar-refractivity contribution is 7.86. The van der Waals surface area contributed by atoms with Crippen molar-refractivity contribution in [3.63, 3.8) is 0 Å². The molecule has 3 aromatic carbocycles. The molecule has 0 amide bonds. The molecule has 3 aromatic rings. The third kappa shape index (κ3) is 10.7. The number of anilines is 1. The molecule has 0 saturated heterocycles. The van der Waals surface area contributed by atoms with E-state index in [1.165, 1.54) is 12.1 Å². The van der Waals surface area contributed by atoms with Crippen LogP contribution in [0.15, 0.2) is 124 Å². The Labute approximate surface area is 404 Å². The van der Waals surface area contributed by atoms with Crippen LogP contribution in [0.25, 0.3) is 0 Å². The summed E-state index contributed by atoms with van der Waals surface area (Å²) < 4.78 is 116. The van der Waals surface area contributed by atoms with Gasteiger partial charge >= 0.3 is 5.97 Å². The number of carboxylic acids is 1. The van der Waals surface area contributed by atoms with Gasteiger partial charge in [0.15, 0.2) is 17.2 Å². The number of aliphatic carboxylic acids is 1. The van der Waals surface area contributed by atoms with Crippen molar-refractivity contribution in [2.24, 2.45) is 5.92 Å². The van der Waals surface area contributed by atoms with E-state index in [1.54, 1.807) is 6.07 Å². The fourth-order valence-corrected chi connectivity index (χ4v) is 12.1. The molecule has 15 nitrogen and oxygen atoms in total. The van der Waals surface area contributed by atoms with Crippen LogP contribution in [-0.4, -0.2) is 84.9 Å². The lowest BCUT2D eigenvalue weighted by Gasteiger charge is -2.33. The second-order valence-corrected chi connectivity index (χ2v) is 24.0. The van der Waals surface area contributed by atoms with Crippen molar-refractivity contribution in [1.29, 1.82) is 0 Å². The maximum atomic E-state index is 12.3. The number of fused-ring (bicyclic) bond motifs is 3. The minimum Gasteiger partial charge on any atom is -0.481 e. The normalized spacial score (nSPS) is 20.7. The lowest BCUT2D eigenvalue weighted by Crippen LogP contribution is -2.28. The Kier molecular flexibility index (Phi) is 13.8. The molecule has 69 heavy (non-hydrogen) atoms. The second-order valence-electron chi connectivity index (χ2n) is 19.4. The molecule has 0 fully saturated rings. The maximum absolute atomic E-state index is 12.3. The minimum atomic E-state index is -4.53. The van der Waals surface area contributed by atoms with Gasteiger partial charge in [-0.05, 0) is 136 Å². The molecule has 0 saturated carbocycles. The first kappa shape index (κ1) is 50.0. The Balaban J connectivity index is 1.24. The highest BCUT2D eigenvalue weighted by atomic mass is 32.2. The van der Waals surface area contributed by atoms with Gasteiger partial charge in [0.05, 0.1) is 21.8 Å². The maximum Gasteiger partial charge on any atom is 0.303 e. The Morgan fingerprint density at radius 1 is 0.768 bits per heavy atom. The topological polar surface area (TPSA) is 225 Å². The summed E-state index contributed by atoms with van der Waals surface area (Å²) in [5, 5.41) is 9.49. The van der Waals surface area contributed by atoms with E-state index in [0.29, 0.717) is 79.5 Å². The van der Waals surface area contributed by atoms with Gasteiger partial charge in [-0.2, -0.15) is 29.8 Å². The molecule has 0 radical (unpaired) electrons. The van der Waals surface area contributed by atoms with E-state index >= 15 is 0 Å². The van der Waals surface area contributed by atoms with Gasteiger partial charge in [0.25, 0.3) is 30.4 Å². The summed E-state index contributed by atoms with van der Waals surface area (Å²) in [5.74, 6) is 0.653. The Morgan fingerprint density at radius 3 is 2.17 bits per heavy atom. The van der Waals surface area contributed by atoms with Crippen LogP contribution in [0.4, 0.5) is 11.4 Å². The van der Waals surface area contributed by atoms with Crippen LogP contribution in [0.5, 0.6) is 11.5 Å². The Hall–Kier alpha value is -5.37. The highest BCUT2D eigenvalue weighted by Crippen LogP contribution is 2.52. The molecule has 0 bridgehead atoms. The van der Waals surface area contributed by atoms with Crippen LogP contribution in [0.2, 0.25) is 0 Å². The highest BCUT2D eigenvalue weighted by Gasteiger charge is 2.45. The minimum absolute atomic E-state index is 0.0682. The Bertz CT molecular complexity index is 3140. The number of nitrogens with zero attached hydrogens (tertiary/aromatic N) is 2. The fraction of sp³-hybridized carbons (Fsp3) is 0.412. The van der Waals surface area contributed by atoms with E-state index in [-0.39, 0.29) is 35.8 Å². The summed E-state index contributed by atoms with van der Waals surface area (Å²) >= 11 is 0. The number of aryl methyl sites for hydroxylation is 1. The lowest BCUT2D eigenvalue weighted by atomic mass is 9.74. The third-order valence-corrected chi connectivity index (χ3v) is 16.4. The zero-order valence-electron chi connectivity index (χ0n) is 39.1. The van der Waals surface area contributed by atoms with Crippen molar-refractivity contribution < 1.29 is 62.9 Å². The van der Waals surface area contributed by atoms with Gasteiger partial charge < -0.3 is 19.5 Å². The molecule has 3 heterocycles. The number of unbranched alkanes of at least 4 members (excludes halogenated alkanes) is 2. The zero-order chi connectivity index (χ0) is 49.7. The van der Waals surface area contributed by atoms with Gasteiger partial charge in [0, 0.05) is 59.5 Å². The van der Waals surface area contributed by atoms with Crippen molar-refractivity contribution in [3.8, 4) is 11.5 Å². The summed E-state index contributed by atoms with van der Waals surface area (Å²) in [4.78, 5) is 13.4. The number of hydrogen-bond acceptors (Lipinski definition) is 10. The molecule has 2 aliphatic carbocycles. The number of hydrogen-bond donors (Lipinski definition) is 4. The van der Waals surface area contributed by atoms with E-state index in [1.807, 2.05) is 61.2 Å². The molecule has 368 valence electrons. The van der Waals surface area contributed by atoms with E-state index in [0.717, 1.165) is 57.8 Å². The first-order chi connectivity index (χ1) is 32.4. The van der Waals surface area contributed by atoms with E-state index in [9.17, 15) is 48.8 Å². The quantitative estimate of drug-likeness (QED) is 0.0563. The van der Waals surface area contributed by atoms with E-state index in [2.05, 4.69) is 42.7 Å². The SMILES string of the molecule is CC1(C)C(/C=C/C2=C3Oc4ccc(CCC(=O)O)cc4OC4=C3C(CC2)CC/C4=C\C=C2\N(CCCCS(=O)(=O)O)c3ccc(S(=O)(=O)O)cc3C2(C)C)=[N+](CCCCS(=O)(=O)O)c2ccccc21. The largest absolute Gasteiger partial charge is 0.481 e. The first-order valence-corrected chi connectivity index (χ1v) is 27.9. The van der Waals surface area contributed by atoms with Gasteiger partial charge in [0.1, 0.15) is 18.1 Å². The number of allylic oxidation sites excluding steroid dienone is 8. The number of ether oxygens (including phenoxy) is 2. The van der Waals surface area contributed by atoms with Crippen molar-refractivity contribution in [3.05, 3.63) is 136 Å². The van der Waals surface area contributed by atoms with E-state index in [4.69, 9.17) is 9.47 Å². The number of benzene rings is 3. The summed E-state index contributed by atoms with van der Waals surface area (Å²) in [6.07, 6.45) is 12.8. The molecular weight excluding hydrogens is 945 g/mol. The molecule has 8 rings (SSSR count). The average Bonchev–Trinajstić information content (AvgIpc) is 3.51. The summed E-state index contributed by atoms with van der Waals surface area (Å²) in [6.45, 7) is 9.13. The van der Waals surface area contributed by atoms with Crippen LogP contribution < -0.4 is 14.4 Å². The van der Waals surface area contributed by atoms with Gasteiger partial charge in [-0.15, -0.1) is 0 Å². The van der Waals surface area contributed by atoms with Crippen molar-refractivity contribution >= 4 is 53.4 Å². The van der Waals surface area contributed by atoms with E-state index < -0.39 is 52.9 Å². The lowest BCUT2D eigenvalue weighted by molar-refractivity contribution is -0.438. The van der Waals surface area contributed by atoms with Gasteiger partial charge in [-0.25, -0.2) is 0 Å². The fourth-order valence-electron chi connectivity index (χ4n) is 10.4. The molecule has 3 aliphatic heterocycles. The monoisotopic (exact) mass is 1000 g/mol. The number of rotatable bonds is 17. The third-order valence-electron chi connectivity index (χ3n) is 14.0. The number of carbonyl (C=O) groups is 1. The molecule has 5 aliphatic rings. The summed E-state index contributed by atoms with van der Waals surface area (Å²) in [6, 6.07) is 18.1. The number of carboxylic acid groups (broad SMARTS) is 1. The van der Waals surface area contributed by atoms with Crippen LogP contribution in [0.3, 0.4) is 0 Å². The smallest absolute Gasteiger partial charge is 0.303 e. The van der Waals surface area contributed by atoms with Crippen LogP contribution in [-0.2, 0) is 52.4 Å². The first-order valence-electron chi connectivity index (χ1n) is 23.2. The summed E-state index contributed by atoms with van der Waals surface area (Å²) in [7, 11) is -12.8. The van der Waals surface area contributed by atoms with Gasteiger partial charge in [0.2, 0.25) is 5.69 Å². The van der Waals surface area contributed by atoms with Crippen molar-refractivity contribution in [1.82, 2.24) is 0 Å². The Morgan fingerprint density at radius 2 is 1.46 bits per heavy atom. The standard InChI is InChI=1S/C51H58N2O13S3/c1-50(2)38-11-5-6-12-40(38)52(27-7-9-29-67(56,57)58)44(50)24-19-35-17-15-34-16-18-36(49-47(34)48(35)65-42-23-13-33(14-26-46(54)55)31-43(42)66-49)20-25-45-51(3,4)39-32-37(69(62,63)64)21-22-41(39)53(45)28-8-10-30-68(59,60)61/h5-6,11-13,19-25,31-32,34H,7-10,14-18,26-30H2,1-4H3,(H3-,54,55,56,57,58,59,60,61,62,63,64)/p+1. The predicted octanol–water partition coefficient (Wildman–Crippen LogP) is 9.01. The van der Waals surface area contributed by atoms with Crippen molar-refractivity contribution in [2.75, 3.05) is 29.5 Å². The van der Waals surface area contributed by atoms with Gasteiger partial charge in [-0.3, -0.25) is 18.5 Å². The van der Waals surface area contributed by atoms with Crippen LogP contribution in [0.1, 0.15) is 102 Å². The zero-order valence-corrected chi connectivity index (χ0v) is 41.6. The van der Waals surface area contributed by atoms with Crippen LogP contribution >= 0.6 is 0 Å². The molecule has 4 N–H and O–H groups in total. The van der Waals surface area contributed by atoms with Crippen molar-refractivity contribution in [2.45, 2.75) is 108 Å². The van der Waals surface area contributed by atoms with Crippen LogP contribution in [0, 0.1) is 5.92 Å². The molecule has 1 unspecified atom stereocenters. The predicted molar refractivity (Wildman–Crippen MR) is 262 cm³/mol. The summed E-state index contributed by atoms with van der Waals surface area (Å²) in [5.41, 5.74) is 7.66. The molecule has 0 aromatic heterocycles. The number of para-hydroxylation sites is 1. The molecule has 1 atom stereocenters. The molecular formula is C51H59N2O13S3+. The molecule has 0 spiro atoms. The molecule has 18 heteroatoms. The second kappa shape index (κ2) is 19.1. The van der Waals surface area contributed by atoms with Gasteiger partial charge in [-0.1, -0.05) is 44.2 Å².